The van der Waals surface area contributed by atoms with Gasteiger partial charge in [0.1, 0.15) is 11.6 Å². The monoisotopic (exact) mass is 643 g/mol. The molecule has 1 saturated carbocycles. The second-order valence-corrected chi connectivity index (χ2v) is 15.4. The van der Waals surface area contributed by atoms with Crippen LogP contribution in [0.25, 0.3) is 11.2 Å². The Morgan fingerprint density at radius 3 is 2.20 bits per heavy atom. The van der Waals surface area contributed by atoms with Crippen LogP contribution in [0.5, 0.6) is 0 Å². The first-order valence-electron chi connectivity index (χ1n) is 14.7. The number of aromatic nitrogens is 5. The van der Waals surface area contributed by atoms with Gasteiger partial charge in [-0.25, -0.2) is 30.9 Å². The normalized spacial score (nSPS) is 17.9. The third-order valence-electron chi connectivity index (χ3n) is 8.71. The number of rotatable bonds is 8. The van der Waals surface area contributed by atoms with Gasteiger partial charge in [0.05, 0.1) is 16.3 Å². The van der Waals surface area contributed by atoms with Crippen LogP contribution in [-0.4, -0.2) is 76.6 Å². The molecule has 1 aliphatic carbocycles. The van der Waals surface area contributed by atoms with Crippen molar-refractivity contribution >= 4 is 31.2 Å². The Balaban J connectivity index is 1.14. The molecule has 6 rings (SSSR count). The highest BCUT2D eigenvalue weighted by Crippen LogP contribution is 2.31. The van der Waals surface area contributed by atoms with Gasteiger partial charge in [-0.05, 0) is 67.6 Å². The Bertz CT molecular complexity index is 1910. The summed E-state index contributed by atoms with van der Waals surface area (Å²) in [7, 11) is -6.01. The number of sulfonamides is 2. The van der Waals surface area contributed by atoms with Crippen molar-refractivity contribution in [1.29, 1.82) is 0 Å². The van der Waals surface area contributed by atoms with Crippen LogP contribution in [0.15, 0.2) is 63.1 Å². The second kappa shape index (κ2) is 12.1. The van der Waals surface area contributed by atoms with E-state index in [2.05, 4.69) is 20.3 Å². The van der Waals surface area contributed by atoms with Crippen molar-refractivity contribution in [3.63, 3.8) is 0 Å². The zero-order valence-corrected chi connectivity index (χ0v) is 25.9. The van der Waals surface area contributed by atoms with Crippen molar-refractivity contribution in [2.45, 2.75) is 73.2 Å². The predicted octanol–water partition coefficient (Wildman–Crippen LogP) is 3.22. The lowest BCUT2D eigenvalue weighted by Crippen LogP contribution is -2.39. The summed E-state index contributed by atoms with van der Waals surface area (Å²) < 4.78 is 70.9. The molecular weight excluding hydrogens is 609 g/mol. The molecule has 2 aromatic heterocycles. The molecule has 0 radical (unpaired) electrons. The third-order valence-corrected chi connectivity index (χ3v) is 12.5. The minimum Gasteiger partial charge on any atom is -0.308 e. The van der Waals surface area contributed by atoms with E-state index in [1.807, 2.05) is 0 Å². The van der Waals surface area contributed by atoms with Crippen LogP contribution in [0, 0.1) is 5.82 Å². The molecule has 1 saturated heterocycles. The van der Waals surface area contributed by atoms with E-state index in [0.29, 0.717) is 24.3 Å². The molecule has 0 unspecified atom stereocenters. The summed E-state index contributed by atoms with van der Waals surface area (Å²) in [6.45, 7) is 0.652. The molecule has 0 bridgehead atoms. The fourth-order valence-electron chi connectivity index (χ4n) is 6.06. The fourth-order valence-corrected chi connectivity index (χ4v) is 8.94. The number of benzene rings is 2. The summed E-state index contributed by atoms with van der Waals surface area (Å²) in [6.07, 6.45) is 5.60. The number of nitrogens with one attached hydrogen (secondary N) is 1. The Kier molecular flexibility index (Phi) is 8.39. The smallest absolute Gasteiger partial charge is 0.281 e. The van der Waals surface area contributed by atoms with E-state index in [4.69, 9.17) is 0 Å². The highest BCUT2D eigenvalue weighted by Gasteiger charge is 2.33. The van der Waals surface area contributed by atoms with Gasteiger partial charge in [0.2, 0.25) is 20.0 Å². The Labute approximate surface area is 255 Å². The van der Waals surface area contributed by atoms with Crippen molar-refractivity contribution in [2.75, 3.05) is 20.1 Å². The SMILES string of the molecule is CN(C1CCCCC1)S(=O)(=O)c1ccc(S(=O)(=O)N2CCC(c3nc4c(nnn4Cc4ccc(F)cc4)c(=O)[nH]3)CC2)cc1. The topological polar surface area (TPSA) is 151 Å². The minimum absolute atomic E-state index is 0.0268. The van der Waals surface area contributed by atoms with Crippen LogP contribution in [0.1, 0.15) is 62.3 Å². The molecule has 2 fully saturated rings. The van der Waals surface area contributed by atoms with Crippen molar-refractivity contribution < 1.29 is 21.2 Å². The first-order chi connectivity index (χ1) is 21.0. The van der Waals surface area contributed by atoms with Crippen LogP contribution in [0.2, 0.25) is 0 Å². The first-order valence-corrected chi connectivity index (χ1v) is 17.6. The minimum atomic E-state index is -3.87. The number of aromatic amines is 1. The van der Waals surface area contributed by atoms with Crippen LogP contribution in [-0.2, 0) is 26.6 Å². The van der Waals surface area contributed by atoms with Gasteiger partial charge < -0.3 is 4.98 Å². The fraction of sp³-hybridized carbons (Fsp3) is 0.448. The summed E-state index contributed by atoms with van der Waals surface area (Å²) >= 11 is 0. The van der Waals surface area contributed by atoms with Crippen molar-refractivity contribution in [1.82, 2.24) is 33.6 Å². The summed E-state index contributed by atoms with van der Waals surface area (Å²) in [5.41, 5.74) is 0.718. The van der Waals surface area contributed by atoms with Crippen LogP contribution in [0.4, 0.5) is 4.39 Å². The average Bonchev–Trinajstić information content (AvgIpc) is 3.45. The third kappa shape index (κ3) is 5.93. The molecular formula is C29H34FN7O5S2. The Hall–Kier alpha value is -3.53. The van der Waals surface area contributed by atoms with Crippen LogP contribution >= 0.6 is 0 Å². The van der Waals surface area contributed by atoms with Gasteiger partial charge in [0.25, 0.3) is 5.56 Å². The second-order valence-electron chi connectivity index (χ2n) is 11.5. The van der Waals surface area contributed by atoms with Gasteiger partial charge in [-0.3, -0.25) is 4.79 Å². The van der Waals surface area contributed by atoms with Crippen molar-refractivity contribution in [3.8, 4) is 0 Å². The number of piperidine rings is 1. The maximum absolute atomic E-state index is 13.5. The maximum atomic E-state index is 13.5. The molecule has 0 amide bonds. The molecule has 2 aliphatic rings. The number of H-pyrrole nitrogens is 1. The van der Waals surface area contributed by atoms with Crippen molar-refractivity contribution in [3.05, 3.63) is 76.1 Å². The van der Waals surface area contributed by atoms with E-state index < -0.39 is 25.6 Å². The standard InChI is InChI=1S/C29H34FN7O5S2/c1-35(23-5-3-2-4-6-23)43(39,40)24-11-13-25(14-12-24)44(41,42)36-17-15-21(16-18-36)27-31-28-26(29(38)32-27)33-34-37(28)19-20-7-9-22(30)10-8-20/h7-14,21,23H,2-6,15-19H2,1H3,(H,31,32,38). The average molecular weight is 644 g/mol. The summed E-state index contributed by atoms with van der Waals surface area (Å²) in [6, 6.07) is 11.3. The number of nitrogens with zero attached hydrogens (tertiary/aromatic N) is 6. The first kappa shape index (κ1) is 30.5. The van der Waals surface area contributed by atoms with E-state index in [1.54, 1.807) is 19.2 Å². The zero-order valence-electron chi connectivity index (χ0n) is 24.3. The van der Waals surface area contributed by atoms with Gasteiger partial charge in [-0.2, -0.15) is 8.61 Å². The highest BCUT2D eigenvalue weighted by atomic mass is 32.2. The largest absolute Gasteiger partial charge is 0.308 e. The Morgan fingerprint density at radius 2 is 1.55 bits per heavy atom. The van der Waals surface area contributed by atoms with E-state index in [9.17, 15) is 26.0 Å². The Morgan fingerprint density at radius 1 is 0.909 bits per heavy atom. The van der Waals surface area contributed by atoms with Gasteiger partial charge in [-0.1, -0.05) is 36.6 Å². The molecule has 1 N–H and O–H groups in total. The van der Waals surface area contributed by atoms with E-state index >= 15 is 0 Å². The molecule has 15 heteroatoms. The lowest BCUT2D eigenvalue weighted by Gasteiger charge is -2.31. The number of hydrogen-bond donors (Lipinski definition) is 1. The van der Waals surface area contributed by atoms with Gasteiger partial charge in [-0.15, -0.1) is 5.10 Å². The van der Waals surface area contributed by atoms with E-state index in [-0.39, 0.29) is 52.7 Å². The molecule has 3 heterocycles. The van der Waals surface area contributed by atoms with Crippen LogP contribution < -0.4 is 5.56 Å². The van der Waals surface area contributed by atoms with E-state index in [1.165, 1.54) is 49.7 Å². The quantitative estimate of drug-likeness (QED) is 0.307. The molecule has 12 nitrogen and oxygen atoms in total. The summed E-state index contributed by atoms with van der Waals surface area (Å²) in [5.74, 6) is -0.125. The van der Waals surface area contributed by atoms with Gasteiger partial charge >= 0.3 is 0 Å². The lowest BCUT2D eigenvalue weighted by atomic mass is 9.96. The maximum Gasteiger partial charge on any atom is 0.281 e. The predicted molar refractivity (Wildman–Crippen MR) is 160 cm³/mol. The van der Waals surface area contributed by atoms with Crippen molar-refractivity contribution in [2.24, 2.45) is 0 Å². The summed E-state index contributed by atoms with van der Waals surface area (Å²) in [5, 5.41) is 8.01. The number of fused-ring (bicyclic) bond motifs is 1. The highest BCUT2D eigenvalue weighted by molar-refractivity contribution is 7.89. The zero-order chi connectivity index (χ0) is 31.1. The number of hydrogen-bond acceptors (Lipinski definition) is 8. The van der Waals surface area contributed by atoms with Gasteiger partial charge in [0, 0.05) is 32.1 Å². The van der Waals surface area contributed by atoms with Gasteiger partial charge in [0.15, 0.2) is 11.2 Å². The lowest BCUT2D eigenvalue weighted by molar-refractivity contribution is 0.286. The molecule has 234 valence electrons. The molecule has 2 aromatic carbocycles. The summed E-state index contributed by atoms with van der Waals surface area (Å²) in [4.78, 5) is 20.3. The molecule has 4 aromatic rings. The molecule has 44 heavy (non-hydrogen) atoms. The number of halogens is 1. The molecule has 0 spiro atoms. The molecule has 0 atom stereocenters. The van der Waals surface area contributed by atoms with E-state index in [0.717, 1.165) is 37.7 Å². The molecule has 1 aliphatic heterocycles. The van der Waals surface area contributed by atoms with Crippen LogP contribution in [0.3, 0.4) is 0 Å².